The van der Waals surface area contributed by atoms with Gasteiger partial charge in [0.15, 0.2) is 0 Å². The first-order valence-corrected chi connectivity index (χ1v) is 5.99. The number of rotatable bonds is 3. The zero-order chi connectivity index (χ0) is 13.1. The Morgan fingerprint density at radius 1 is 1.28 bits per heavy atom. The highest BCUT2D eigenvalue weighted by Gasteiger charge is 2.18. The molecule has 0 atom stereocenters. The first kappa shape index (κ1) is 12.7. The normalized spacial score (nSPS) is 10.4. The van der Waals surface area contributed by atoms with Gasteiger partial charge in [-0.3, -0.25) is 0 Å². The second-order valence-electron chi connectivity index (χ2n) is 3.71. The van der Waals surface area contributed by atoms with E-state index in [9.17, 15) is 4.79 Å². The van der Waals surface area contributed by atoms with Crippen LogP contribution in [0.1, 0.15) is 17.3 Å². The van der Waals surface area contributed by atoms with Crippen LogP contribution >= 0.6 is 11.6 Å². The number of ether oxygens (including phenoxy) is 2. The second kappa shape index (κ2) is 5.27. The molecule has 2 rings (SSSR count). The minimum atomic E-state index is -0.429. The molecule has 0 aliphatic heterocycles. The van der Waals surface area contributed by atoms with E-state index in [-0.39, 0.29) is 0 Å². The van der Waals surface area contributed by atoms with Gasteiger partial charge in [0, 0.05) is 15.8 Å². The molecule has 94 valence electrons. The summed E-state index contributed by atoms with van der Waals surface area (Å²) in [5.41, 5.74) is 0.350. The van der Waals surface area contributed by atoms with Crippen LogP contribution in [-0.2, 0) is 4.74 Å². The molecule has 18 heavy (non-hydrogen) atoms. The number of benzene rings is 2. The summed E-state index contributed by atoms with van der Waals surface area (Å²) in [5.74, 6) is 0.0652. The third kappa shape index (κ3) is 2.14. The molecule has 0 bridgehead atoms. The average molecular weight is 265 g/mol. The van der Waals surface area contributed by atoms with Crippen molar-refractivity contribution in [2.75, 3.05) is 13.7 Å². The summed E-state index contributed by atoms with van der Waals surface area (Å²) in [6.07, 6.45) is 0. The molecule has 0 N–H and O–H groups in total. The van der Waals surface area contributed by atoms with Gasteiger partial charge >= 0.3 is 5.97 Å². The molecular weight excluding hydrogens is 252 g/mol. The van der Waals surface area contributed by atoms with E-state index in [1.54, 1.807) is 13.0 Å². The lowest BCUT2D eigenvalue weighted by Gasteiger charge is -2.12. The second-order valence-corrected chi connectivity index (χ2v) is 4.11. The van der Waals surface area contributed by atoms with Gasteiger partial charge in [0.25, 0.3) is 0 Å². The lowest BCUT2D eigenvalue weighted by atomic mass is 10.1. The van der Waals surface area contributed by atoms with Crippen LogP contribution in [0.15, 0.2) is 30.3 Å². The molecule has 0 aliphatic carbocycles. The largest absolute Gasteiger partial charge is 0.495 e. The summed E-state index contributed by atoms with van der Waals surface area (Å²) in [7, 11) is 1.53. The number of carbonyl (C=O) groups excluding carboxylic acids is 1. The Balaban J connectivity index is 2.71. The maximum absolute atomic E-state index is 11.9. The van der Waals surface area contributed by atoms with E-state index in [2.05, 4.69) is 0 Å². The Kier molecular flexibility index (Phi) is 3.72. The molecule has 0 fully saturated rings. The van der Waals surface area contributed by atoms with E-state index in [1.165, 1.54) is 7.11 Å². The molecule has 3 nitrogen and oxygen atoms in total. The number of carbonyl (C=O) groups is 1. The molecule has 4 heteroatoms. The molecule has 0 radical (unpaired) electrons. The van der Waals surface area contributed by atoms with Gasteiger partial charge in [-0.15, -0.1) is 0 Å². The number of hydrogen-bond acceptors (Lipinski definition) is 3. The smallest absolute Gasteiger partial charge is 0.341 e. The van der Waals surface area contributed by atoms with E-state index in [0.29, 0.717) is 22.9 Å². The SMILES string of the molecule is CCOC(=O)c1cc(Cl)c2ccccc2c1OC. The average Bonchev–Trinajstić information content (AvgIpc) is 2.39. The maximum atomic E-state index is 11.9. The van der Waals surface area contributed by atoms with Crippen molar-refractivity contribution in [3.8, 4) is 5.75 Å². The molecule has 0 spiro atoms. The van der Waals surface area contributed by atoms with E-state index < -0.39 is 5.97 Å². The van der Waals surface area contributed by atoms with Crippen molar-refractivity contribution in [2.45, 2.75) is 6.92 Å². The Morgan fingerprint density at radius 2 is 1.94 bits per heavy atom. The number of methoxy groups -OCH3 is 1. The first-order valence-electron chi connectivity index (χ1n) is 5.61. The molecule has 0 amide bonds. The zero-order valence-electron chi connectivity index (χ0n) is 10.2. The predicted octanol–water partition coefficient (Wildman–Crippen LogP) is 3.68. The van der Waals surface area contributed by atoms with Gasteiger partial charge in [-0.25, -0.2) is 4.79 Å². The van der Waals surface area contributed by atoms with Crippen LogP contribution in [0.2, 0.25) is 5.02 Å². The highest BCUT2D eigenvalue weighted by molar-refractivity contribution is 6.36. The molecular formula is C14H13ClO3. The van der Waals surface area contributed by atoms with Crippen molar-refractivity contribution in [3.05, 3.63) is 40.9 Å². The third-order valence-corrected chi connectivity index (χ3v) is 2.96. The monoisotopic (exact) mass is 264 g/mol. The minimum absolute atomic E-state index is 0.312. The van der Waals surface area contributed by atoms with Crippen LogP contribution < -0.4 is 4.74 Å². The minimum Gasteiger partial charge on any atom is -0.495 e. The quantitative estimate of drug-likeness (QED) is 0.794. The van der Waals surface area contributed by atoms with Crippen LogP contribution in [-0.4, -0.2) is 19.7 Å². The first-order chi connectivity index (χ1) is 8.69. The van der Waals surface area contributed by atoms with Gasteiger partial charge in [0.05, 0.1) is 13.7 Å². The predicted molar refractivity (Wildman–Crippen MR) is 71.5 cm³/mol. The number of hydrogen-bond donors (Lipinski definition) is 0. The molecule has 2 aromatic carbocycles. The van der Waals surface area contributed by atoms with E-state index in [0.717, 1.165) is 10.8 Å². The molecule has 0 aliphatic rings. The van der Waals surface area contributed by atoms with E-state index in [4.69, 9.17) is 21.1 Å². The Hall–Kier alpha value is -1.74. The summed E-state index contributed by atoms with van der Waals surface area (Å²) in [4.78, 5) is 11.9. The number of fused-ring (bicyclic) bond motifs is 1. The lowest BCUT2D eigenvalue weighted by molar-refractivity contribution is 0.0523. The summed E-state index contributed by atoms with van der Waals surface area (Å²) in [5, 5.41) is 2.16. The van der Waals surface area contributed by atoms with Crippen LogP contribution in [0.4, 0.5) is 0 Å². The van der Waals surface area contributed by atoms with Crippen LogP contribution in [0.25, 0.3) is 10.8 Å². The van der Waals surface area contributed by atoms with Crippen molar-refractivity contribution in [2.24, 2.45) is 0 Å². The molecule has 0 unspecified atom stereocenters. The fourth-order valence-corrected chi connectivity index (χ4v) is 2.16. The van der Waals surface area contributed by atoms with Gasteiger partial charge in [-0.2, -0.15) is 0 Å². The molecule has 2 aromatic rings. The number of esters is 1. The Bertz CT molecular complexity index is 593. The molecule has 0 saturated heterocycles. The van der Waals surface area contributed by atoms with E-state index >= 15 is 0 Å². The fraction of sp³-hybridized carbons (Fsp3) is 0.214. The maximum Gasteiger partial charge on any atom is 0.341 e. The van der Waals surface area contributed by atoms with Crippen LogP contribution in [0.3, 0.4) is 0 Å². The van der Waals surface area contributed by atoms with Crippen molar-refractivity contribution in [1.29, 1.82) is 0 Å². The van der Waals surface area contributed by atoms with Gasteiger partial charge in [-0.1, -0.05) is 35.9 Å². The van der Waals surface area contributed by atoms with Crippen molar-refractivity contribution in [3.63, 3.8) is 0 Å². The van der Waals surface area contributed by atoms with E-state index in [1.807, 2.05) is 24.3 Å². The topological polar surface area (TPSA) is 35.5 Å². The Labute approximate surface area is 110 Å². The summed E-state index contributed by atoms with van der Waals surface area (Å²) < 4.78 is 10.3. The summed E-state index contributed by atoms with van der Waals surface area (Å²) in [6, 6.07) is 9.09. The van der Waals surface area contributed by atoms with Crippen molar-refractivity contribution >= 4 is 28.3 Å². The highest BCUT2D eigenvalue weighted by Crippen LogP contribution is 2.35. The van der Waals surface area contributed by atoms with Crippen molar-refractivity contribution < 1.29 is 14.3 Å². The fourth-order valence-electron chi connectivity index (χ4n) is 1.88. The van der Waals surface area contributed by atoms with Crippen LogP contribution in [0.5, 0.6) is 5.75 Å². The third-order valence-electron chi connectivity index (χ3n) is 2.64. The zero-order valence-corrected chi connectivity index (χ0v) is 11.0. The summed E-state index contributed by atoms with van der Waals surface area (Å²) >= 11 is 6.17. The van der Waals surface area contributed by atoms with Gasteiger partial charge in [-0.05, 0) is 13.0 Å². The Morgan fingerprint density at radius 3 is 2.56 bits per heavy atom. The summed E-state index contributed by atoms with van der Waals surface area (Å²) in [6.45, 7) is 2.07. The van der Waals surface area contributed by atoms with Gasteiger partial charge in [0.2, 0.25) is 0 Å². The van der Waals surface area contributed by atoms with Gasteiger partial charge < -0.3 is 9.47 Å². The molecule has 0 aromatic heterocycles. The lowest BCUT2D eigenvalue weighted by Crippen LogP contribution is -2.07. The molecule has 0 saturated carbocycles. The number of halogens is 1. The van der Waals surface area contributed by atoms with Gasteiger partial charge in [0.1, 0.15) is 11.3 Å². The van der Waals surface area contributed by atoms with Crippen LogP contribution in [0, 0.1) is 0 Å². The van der Waals surface area contributed by atoms with Crippen molar-refractivity contribution in [1.82, 2.24) is 0 Å². The standard InChI is InChI=1S/C14H13ClO3/c1-3-18-14(16)11-8-12(15)9-6-4-5-7-10(9)13(11)17-2/h4-8H,3H2,1-2H3. The highest BCUT2D eigenvalue weighted by atomic mass is 35.5. The molecule has 0 heterocycles.